The van der Waals surface area contributed by atoms with E-state index >= 15 is 0 Å². The number of amides is 1. The van der Waals surface area contributed by atoms with Crippen LogP contribution in [0.3, 0.4) is 0 Å². The minimum Gasteiger partial charge on any atom is -0.352 e. The van der Waals surface area contributed by atoms with Crippen molar-refractivity contribution in [1.29, 1.82) is 0 Å². The van der Waals surface area contributed by atoms with Gasteiger partial charge in [0.05, 0.1) is 5.69 Å². The second kappa shape index (κ2) is 7.19. The van der Waals surface area contributed by atoms with Crippen LogP contribution < -0.4 is 4.90 Å². The first-order valence-corrected chi connectivity index (χ1v) is 9.08. The van der Waals surface area contributed by atoms with E-state index in [0.717, 1.165) is 35.9 Å². The number of benzene rings is 1. The lowest BCUT2D eigenvalue weighted by Crippen LogP contribution is -2.49. The highest BCUT2D eigenvalue weighted by Crippen LogP contribution is 2.16. The van der Waals surface area contributed by atoms with Crippen LogP contribution in [0, 0.1) is 13.8 Å². The maximum absolute atomic E-state index is 12.5. The molecule has 27 heavy (non-hydrogen) atoms. The van der Waals surface area contributed by atoms with Crippen LogP contribution in [-0.4, -0.2) is 57.0 Å². The van der Waals surface area contributed by atoms with Gasteiger partial charge >= 0.3 is 0 Å². The summed E-state index contributed by atoms with van der Waals surface area (Å²) in [6, 6.07) is 15.3. The highest BCUT2D eigenvalue weighted by molar-refractivity contribution is 5.94. The fraction of sp³-hybridized carbons (Fsp3) is 0.300. The monoisotopic (exact) mass is 362 g/mol. The number of rotatable bonds is 3. The molecule has 0 saturated carbocycles. The fourth-order valence-electron chi connectivity index (χ4n) is 3.36. The highest BCUT2D eigenvalue weighted by atomic mass is 16.2. The summed E-state index contributed by atoms with van der Waals surface area (Å²) in [4.78, 5) is 16.6. The Morgan fingerprint density at radius 1 is 0.889 bits per heavy atom. The molecule has 1 fully saturated rings. The van der Waals surface area contributed by atoms with Crippen molar-refractivity contribution in [2.24, 2.45) is 0 Å². The Morgan fingerprint density at radius 2 is 1.56 bits per heavy atom. The van der Waals surface area contributed by atoms with E-state index in [1.54, 1.807) is 4.68 Å². The third-order valence-electron chi connectivity index (χ3n) is 4.77. The lowest BCUT2D eigenvalue weighted by molar-refractivity contribution is 0.0746. The van der Waals surface area contributed by atoms with Crippen molar-refractivity contribution in [3.8, 4) is 5.82 Å². The van der Waals surface area contributed by atoms with E-state index in [9.17, 15) is 4.79 Å². The molecule has 1 amide bonds. The zero-order valence-corrected chi connectivity index (χ0v) is 15.5. The number of aromatic nitrogens is 4. The molecule has 0 unspecified atom stereocenters. The predicted molar refractivity (Wildman–Crippen MR) is 103 cm³/mol. The molecular weight excluding hydrogens is 340 g/mol. The molecule has 2 aromatic heterocycles. The number of nitrogens with zero attached hydrogens (tertiary/aromatic N) is 6. The summed E-state index contributed by atoms with van der Waals surface area (Å²) in [6.07, 6.45) is 0. The number of carbonyl (C=O) groups is 1. The summed E-state index contributed by atoms with van der Waals surface area (Å²) in [5, 5.41) is 13.1. The largest absolute Gasteiger partial charge is 0.352 e. The Kier molecular flexibility index (Phi) is 4.58. The van der Waals surface area contributed by atoms with Gasteiger partial charge in [0.2, 0.25) is 0 Å². The lowest BCUT2D eigenvalue weighted by Gasteiger charge is -2.35. The van der Waals surface area contributed by atoms with Gasteiger partial charge in [0.1, 0.15) is 0 Å². The molecular formula is C20H22N6O. The van der Waals surface area contributed by atoms with Gasteiger partial charge in [-0.05, 0) is 44.2 Å². The van der Waals surface area contributed by atoms with Gasteiger partial charge < -0.3 is 9.80 Å². The lowest BCUT2D eigenvalue weighted by atomic mass is 10.2. The van der Waals surface area contributed by atoms with E-state index in [0.29, 0.717) is 18.9 Å². The van der Waals surface area contributed by atoms with Gasteiger partial charge in [0.15, 0.2) is 11.6 Å². The summed E-state index contributed by atoms with van der Waals surface area (Å²) < 4.78 is 1.79. The zero-order valence-electron chi connectivity index (χ0n) is 15.5. The van der Waals surface area contributed by atoms with Crippen molar-refractivity contribution in [3.05, 3.63) is 65.5 Å². The molecule has 7 nitrogen and oxygen atoms in total. The average Bonchev–Trinajstić information content (AvgIpc) is 3.06. The normalized spacial score (nSPS) is 14.4. The van der Waals surface area contributed by atoms with E-state index in [1.165, 1.54) is 0 Å². The Hall–Kier alpha value is -3.22. The number of hydrogen-bond acceptors (Lipinski definition) is 5. The van der Waals surface area contributed by atoms with Gasteiger partial charge in [-0.1, -0.05) is 18.2 Å². The van der Waals surface area contributed by atoms with Gasteiger partial charge in [0, 0.05) is 37.4 Å². The number of anilines is 1. The van der Waals surface area contributed by atoms with Crippen LogP contribution in [0.1, 0.15) is 21.7 Å². The Balaban J connectivity index is 1.41. The number of hydrogen-bond donors (Lipinski definition) is 0. The molecule has 1 aliphatic heterocycles. The van der Waals surface area contributed by atoms with Crippen LogP contribution in [0.4, 0.5) is 5.82 Å². The number of piperazine rings is 1. The molecule has 3 heterocycles. The van der Waals surface area contributed by atoms with Gasteiger partial charge in [-0.3, -0.25) is 4.79 Å². The standard InChI is InChI=1S/C20H22N6O/c1-15-14-16(2)26(23-15)19-9-8-18(21-22-19)24-10-12-25(13-11-24)20(27)17-6-4-3-5-7-17/h3-9,14H,10-13H2,1-2H3. The summed E-state index contributed by atoms with van der Waals surface area (Å²) in [7, 11) is 0. The minimum absolute atomic E-state index is 0.0845. The average molecular weight is 362 g/mol. The van der Waals surface area contributed by atoms with E-state index in [-0.39, 0.29) is 5.91 Å². The Bertz CT molecular complexity index is 927. The third kappa shape index (κ3) is 3.53. The van der Waals surface area contributed by atoms with E-state index in [4.69, 9.17) is 0 Å². The third-order valence-corrected chi connectivity index (χ3v) is 4.77. The molecule has 0 radical (unpaired) electrons. The number of aryl methyl sites for hydroxylation is 2. The van der Waals surface area contributed by atoms with Crippen molar-refractivity contribution in [3.63, 3.8) is 0 Å². The van der Waals surface area contributed by atoms with Crippen LogP contribution >= 0.6 is 0 Å². The summed E-state index contributed by atoms with van der Waals surface area (Å²) in [5.41, 5.74) is 2.72. The van der Waals surface area contributed by atoms with Crippen LogP contribution in [0.15, 0.2) is 48.5 Å². The Labute approximate surface area is 158 Å². The second-order valence-corrected chi connectivity index (χ2v) is 6.73. The first kappa shape index (κ1) is 17.2. The molecule has 1 aliphatic rings. The van der Waals surface area contributed by atoms with Crippen molar-refractivity contribution >= 4 is 11.7 Å². The van der Waals surface area contributed by atoms with E-state index in [1.807, 2.05) is 67.3 Å². The van der Waals surface area contributed by atoms with E-state index < -0.39 is 0 Å². The van der Waals surface area contributed by atoms with Gasteiger partial charge in [-0.15, -0.1) is 10.2 Å². The van der Waals surface area contributed by atoms with Crippen LogP contribution in [0.25, 0.3) is 5.82 Å². The molecule has 3 aromatic rings. The van der Waals surface area contributed by atoms with Gasteiger partial charge in [0.25, 0.3) is 5.91 Å². The van der Waals surface area contributed by atoms with Crippen LogP contribution in [0.2, 0.25) is 0 Å². The van der Waals surface area contributed by atoms with Crippen LogP contribution in [0.5, 0.6) is 0 Å². The van der Waals surface area contributed by atoms with Crippen LogP contribution in [-0.2, 0) is 0 Å². The molecule has 138 valence electrons. The smallest absolute Gasteiger partial charge is 0.253 e. The molecule has 0 spiro atoms. The fourth-order valence-corrected chi connectivity index (χ4v) is 3.36. The molecule has 0 bridgehead atoms. The van der Waals surface area contributed by atoms with Crippen molar-refractivity contribution in [1.82, 2.24) is 24.9 Å². The summed E-state index contributed by atoms with van der Waals surface area (Å²) in [5.74, 6) is 1.62. The summed E-state index contributed by atoms with van der Waals surface area (Å²) >= 11 is 0. The second-order valence-electron chi connectivity index (χ2n) is 6.73. The predicted octanol–water partition coefficient (Wildman–Crippen LogP) is 2.24. The number of carbonyl (C=O) groups excluding carboxylic acids is 1. The van der Waals surface area contributed by atoms with Gasteiger partial charge in [-0.2, -0.15) is 5.10 Å². The first-order chi connectivity index (χ1) is 13.1. The first-order valence-electron chi connectivity index (χ1n) is 9.08. The topological polar surface area (TPSA) is 67.2 Å². The molecule has 0 N–H and O–H groups in total. The van der Waals surface area contributed by atoms with E-state index in [2.05, 4.69) is 20.2 Å². The quantitative estimate of drug-likeness (QED) is 0.715. The zero-order chi connectivity index (χ0) is 18.8. The molecule has 1 aromatic carbocycles. The van der Waals surface area contributed by atoms with Crippen molar-refractivity contribution < 1.29 is 4.79 Å². The Morgan fingerprint density at radius 3 is 2.15 bits per heavy atom. The molecule has 7 heteroatoms. The maximum Gasteiger partial charge on any atom is 0.253 e. The van der Waals surface area contributed by atoms with Crippen molar-refractivity contribution in [2.75, 3.05) is 31.1 Å². The summed E-state index contributed by atoms with van der Waals surface area (Å²) in [6.45, 7) is 6.79. The highest BCUT2D eigenvalue weighted by Gasteiger charge is 2.23. The van der Waals surface area contributed by atoms with Gasteiger partial charge in [-0.25, -0.2) is 4.68 Å². The van der Waals surface area contributed by atoms with Crippen molar-refractivity contribution in [2.45, 2.75) is 13.8 Å². The maximum atomic E-state index is 12.5. The molecule has 4 rings (SSSR count). The SMILES string of the molecule is Cc1cc(C)n(-c2ccc(N3CCN(C(=O)c4ccccc4)CC3)nn2)n1. The minimum atomic E-state index is 0.0845. The molecule has 0 aliphatic carbocycles. The molecule has 0 atom stereocenters. The molecule has 1 saturated heterocycles.